The van der Waals surface area contributed by atoms with Gasteiger partial charge in [-0.15, -0.1) is 0 Å². The number of aromatic hydroxyl groups is 1. The number of anilines is 1. The molecule has 3 aromatic rings. The van der Waals surface area contributed by atoms with Gasteiger partial charge >= 0.3 is 0 Å². The number of hydrogen-bond donors (Lipinski definition) is 1. The van der Waals surface area contributed by atoms with Crippen molar-refractivity contribution in [3.63, 3.8) is 0 Å². The topological polar surface area (TPSA) is 70.1 Å². The van der Waals surface area contributed by atoms with E-state index < -0.39 is 15.8 Å². The first kappa shape index (κ1) is 23.1. The van der Waals surface area contributed by atoms with E-state index in [0.717, 1.165) is 25.7 Å². The number of hydrogen-bond acceptors (Lipinski definition) is 5. The molecule has 0 spiro atoms. The van der Waals surface area contributed by atoms with E-state index >= 15 is 0 Å². The second-order valence-corrected chi connectivity index (χ2v) is 9.89. The third-order valence-electron chi connectivity index (χ3n) is 5.62. The van der Waals surface area contributed by atoms with E-state index in [0.29, 0.717) is 23.6 Å². The van der Waals surface area contributed by atoms with Gasteiger partial charge in [0.05, 0.1) is 17.1 Å². The predicted molar refractivity (Wildman–Crippen MR) is 125 cm³/mol. The van der Waals surface area contributed by atoms with E-state index in [4.69, 9.17) is 4.74 Å². The van der Waals surface area contributed by atoms with Crippen molar-refractivity contribution in [2.45, 2.75) is 24.3 Å². The first-order chi connectivity index (χ1) is 15.9. The van der Waals surface area contributed by atoms with E-state index in [1.807, 2.05) is 0 Å². The Hall–Kier alpha value is -3.10. The minimum absolute atomic E-state index is 0.0254. The van der Waals surface area contributed by atoms with Gasteiger partial charge in [-0.05, 0) is 86.1 Å². The zero-order chi connectivity index (χ0) is 23.3. The number of rotatable bonds is 9. The monoisotopic (exact) mass is 470 g/mol. The number of sulfonamides is 1. The third-order valence-corrected chi connectivity index (χ3v) is 7.39. The second-order valence-electron chi connectivity index (χ2n) is 8.03. The molecule has 0 aromatic heterocycles. The van der Waals surface area contributed by atoms with E-state index in [-0.39, 0.29) is 17.2 Å². The van der Waals surface area contributed by atoms with Gasteiger partial charge in [-0.3, -0.25) is 9.21 Å². The lowest BCUT2D eigenvalue weighted by atomic mass is 10.2. The maximum Gasteiger partial charge on any atom is 0.264 e. The molecule has 0 amide bonds. The molecule has 33 heavy (non-hydrogen) atoms. The maximum atomic E-state index is 13.8. The Morgan fingerprint density at radius 1 is 0.970 bits per heavy atom. The van der Waals surface area contributed by atoms with Crippen LogP contribution in [0.3, 0.4) is 0 Å². The summed E-state index contributed by atoms with van der Waals surface area (Å²) >= 11 is 0. The summed E-state index contributed by atoms with van der Waals surface area (Å²) in [6.45, 7) is 3.60. The molecule has 6 nitrogen and oxygen atoms in total. The summed E-state index contributed by atoms with van der Waals surface area (Å²) in [5.74, 6) is 0.0610. The SMILES string of the molecule is O=S(=O)(c1cccc(F)c1)N(Cc1cccc(O)c1)c1ccc(OCCN2CCCC2)cc1. The van der Waals surface area contributed by atoms with Gasteiger partial charge in [0, 0.05) is 6.54 Å². The lowest BCUT2D eigenvalue weighted by molar-refractivity contribution is 0.238. The van der Waals surface area contributed by atoms with E-state index in [2.05, 4.69) is 4.90 Å². The molecule has 0 atom stereocenters. The molecule has 1 aliphatic heterocycles. The van der Waals surface area contributed by atoms with Crippen LogP contribution in [0.15, 0.2) is 77.7 Å². The molecule has 0 aliphatic carbocycles. The molecule has 8 heteroatoms. The summed E-state index contributed by atoms with van der Waals surface area (Å²) in [4.78, 5) is 2.21. The number of halogens is 1. The van der Waals surface area contributed by atoms with E-state index in [1.54, 1.807) is 36.4 Å². The van der Waals surface area contributed by atoms with Crippen molar-refractivity contribution in [1.29, 1.82) is 0 Å². The first-order valence-electron chi connectivity index (χ1n) is 10.9. The van der Waals surface area contributed by atoms with Gasteiger partial charge in [0.2, 0.25) is 0 Å². The molecule has 0 saturated carbocycles. The van der Waals surface area contributed by atoms with Crippen molar-refractivity contribution >= 4 is 15.7 Å². The normalized spacial score (nSPS) is 14.3. The molecule has 0 bridgehead atoms. The quantitative estimate of drug-likeness (QED) is 0.502. The number of phenols is 1. The van der Waals surface area contributed by atoms with Crippen LogP contribution in [-0.4, -0.2) is 44.7 Å². The van der Waals surface area contributed by atoms with Gasteiger partial charge in [0.25, 0.3) is 10.0 Å². The number of ether oxygens (including phenoxy) is 1. The van der Waals surface area contributed by atoms with Crippen molar-refractivity contribution in [3.8, 4) is 11.5 Å². The zero-order valence-electron chi connectivity index (χ0n) is 18.2. The minimum Gasteiger partial charge on any atom is -0.508 e. The lowest BCUT2D eigenvalue weighted by Crippen LogP contribution is -2.30. The van der Waals surface area contributed by atoms with Gasteiger partial charge < -0.3 is 9.84 Å². The number of nitrogens with zero attached hydrogens (tertiary/aromatic N) is 2. The van der Waals surface area contributed by atoms with Gasteiger partial charge in [-0.2, -0.15) is 0 Å². The molecule has 4 rings (SSSR count). The molecule has 3 aromatic carbocycles. The molecule has 0 unspecified atom stereocenters. The van der Waals surface area contributed by atoms with E-state index in [9.17, 15) is 17.9 Å². The average Bonchev–Trinajstić information content (AvgIpc) is 3.32. The van der Waals surface area contributed by atoms with Gasteiger partial charge in [-0.25, -0.2) is 12.8 Å². The van der Waals surface area contributed by atoms with Crippen molar-refractivity contribution < 1.29 is 22.7 Å². The minimum atomic E-state index is -4.06. The lowest BCUT2D eigenvalue weighted by Gasteiger charge is -2.25. The molecule has 1 aliphatic rings. The maximum absolute atomic E-state index is 13.8. The van der Waals surface area contributed by atoms with Crippen LogP contribution >= 0.6 is 0 Å². The molecule has 1 heterocycles. The Morgan fingerprint density at radius 3 is 2.39 bits per heavy atom. The number of benzene rings is 3. The fourth-order valence-electron chi connectivity index (χ4n) is 3.90. The van der Waals surface area contributed by atoms with Gasteiger partial charge in [0.15, 0.2) is 0 Å². The highest BCUT2D eigenvalue weighted by Crippen LogP contribution is 2.29. The molecule has 1 saturated heterocycles. The summed E-state index contributed by atoms with van der Waals surface area (Å²) in [5.41, 5.74) is 1.01. The van der Waals surface area contributed by atoms with Crippen LogP contribution in [0.5, 0.6) is 11.5 Å². The van der Waals surface area contributed by atoms with Crippen molar-refractivity contribution in [3.05, 3.63) is 84.2 Å². The molecular weight excluding hydrogens is 443 g/mol. The summed E-state index contributed by atoms with van der Waals surface area (Å²) < 4.78 is 47.7. The first-order valence-corrected chi connectivity index (χ1v) is 12.4. The summed E-state index contributed by atoms with van der Waals surface area (Å²) in [6, 6.07) is 18.1. The second kappa shape index (κ2) is 10.2. The van der Waals surface area contributed by atoms with Gasteiger partial charge in [-0.1, -0.05) is 18.2 Å². The highest BCUT2D eigenvalue weighted by Gasteiger charge is 2.26. The number of likely N-dealkylation sites (tertiary alicyclic amines) is 1. The fourth-order valence-corrected chi connectivity index (χ4v) is 5.38. The van der Waals surface area contributed by atoms with Crippen molar-refractivity contribution in [2.24, 2.45) is 0 Å². The van der Waals surface area contributed by atoms with Crippen LogP contribution in [0.25, 0.3) is 0 Å². The average molecular weight is 471 g/mol. The molecule has 1 N–H and O–H groups in total. The smallest absolute Gasteiger partial charge is 0.264 e. The Kier molecular flexibility index (Phi) is 7.15. The largest absolute Gasteiger partial charge is 0.508 e. The van der Waals surface area contributed by atoms with Crippen LogP contribution < -0.4 is 9.04 Å². The number of phenolic OH excluding ortho intramolecular Hbond substituents is 1. The summed E-state index contributed by atoms with van der Waals surface area (Å²) in [7, 11) is -4.06. The van der Waals surface area contributed by atoms with Crippen LogP contribution in [0, 0.1) is 5.82 Å². The molecule has 0 radical (unpaired) electrons. The third kappa shape index (κ3) is 5.83. The van der Waals surface area contributed by atoms with Crippen LogP contribution in [0.4, 0.5) is 10.1 Å². The van der Waals surface area contributed by atoms with E-state index in [1.165, 1.54) is 47.5 Å². The molecular formula is C25H27FN2O4S. The Bertz CT molecular complexity index is 1180. The molecule has 174 valence electrons. The summed E-state index contributed by atoms with van der Waals surface area (Å²) in [6.07, 6.45) is 2.45. The highest BCUT2D eigenvalue weighted by atomic mass is 32.2. The fraction of sp³-hybridized carbons (Fsp3) is 0.280. The van der Waals surface area contributed by atoms with Gasteiger partial charge in [0.1, 0.15) is 23.9 Å². The Labute approximate surface area is 193 Å². The Morgan fingerprint density at radius 2 is 1.70 bits per heavy atom. The van der Waals surface area contributed by atoms with Crippen LogP contribution in [-0.2, 0) is 16.6 Å². The highest BCUT2D eigenvalue weighted by molar-refractivity contribution is 7.92. The van der Waals surface area contributed by atoms with Crippen molar-refractivity contribution in [1.82, 2.24) is 4.90 Å². The standard InChI is InChI=1S/C25H27FN2O4S/c26-21-6-4-8-25(18-21)33(30,31)28(19-20-5-3-7-23(29)17-20)22-9-11-24(12-10-22)32-16-15-27-13-1-2-14-27/h3-12,17-18,29H,1-2,13-16,19H2. The summed E-state index contributed by atoms with van der Waals surface area (Å²) in [5, 5.41) is 9.81. The molecule has 1 fully saturated rings. The Balaban J connectivity index is 1.57. The predicted octanol–water partition coefficient (Wildman–Crippen LogP) is 4.40. The van der Waals surface area contributed by atoms with Crippen molar-refractivity contribution in [2.75, 3.05) is 30.5 Å². The van der Waals surface area contributed by atoms with Crippen LogP contribution in [0.2, 0.25) is 0 Å². The van der Waals surface area contributed by atoms with Crippen LogP contribution in [0.1, 0.15) is 18.4 Å². The zero-order valence-corrected chi connectivity index (χ0v) is 19.0.